The molecule has 1 amide bonds. The van der Waals surface area contributed by atoms with Crippen molar-refractivity contribution in [2.75, 3.05) is 18.7 Å². The predicted octanol–water partition coefficient (Wildman–Crippen LogP) is 3.03. The van der Waals surface area contributed by atoms with Crippen LogP contribution >= 0.6 is 0 Å². The average Bonchev–Trinajstić information content (AvgIpc) is 2.90. The molecule has 2 heterocycles. The van der Waals surface area contributed by atoms with Crippen LogP contribution in [-0.4, -0.2) is 29.2 Å². The zero-order chi connectivity index (χ0) is 20.1. The van der Waals surface area contributed by atoms with Crippen LogP contribution in [0.3, 0.4) is 0 Å². The minimum absolute atomic E-state index is 0.0406. The van der Waals surface area contributed by atoms with E-state index in [-0.39, 0.29) is 17.4 Å². The molecular formula is C24H23N3O2. The lowest BCUT2D eigenvalue weighted by Gasteiger charge is -2.43. The molecule has 146 valence electrons. The van der Waals surface area contributed by atoms with Gasteiger partial charge in [-0.05, 0) is 42.0 Å². The summed E-state index contributed by atoms with van der Waals surface area (Å²) >= 11 is 0. The molecule has 0 spiro atoms. The van der Waals surface area contributed by atoms with E-state index in [2.05, 4.69) is 53.5 Å². The summed E-state index contributed by atoms with van der Waals surface area (Å²) in [4.78, 5) is 26.9. The molecule has 5 nitrogen and oxygen atoms in total. The van der Waals surface area contributed by atoms with E-state index in [9.17, 15) is 9.59 Å². The highest BCUT2D eigenvalue weighted by Crippen LogP contribution is 2.37. The van der Waals surface area contributed by atoms with Crippen LogP contribution in [0, 0.1) is 6.92 Å². The van der Waals surface area contributed by atoms with E-state index in [4.69, 9.17) is 0 Å². The number of hydrogen-bond acceptors (Lipinski definition) is 3. The fourth-order valence-electron chi connectivity index (χ4n) is 4.65. The second kappa shape index (κ2) is 6.62. The van der Waals surface area contributed by atoms with E-state index in [1.807, 2.05) is 4.68 Å². The summed E-state index contributed by atoms with van der Waals surface area (Å²) in [6.07, 6.45) is 3.72. The molecule has 0 unspecified atom stereocenters. The van der Waals surface area contributed by atoms with Gasteiger partial charge >= 0.3 is 0 Å². The van der Waals surface area contributed by atoms with E-state index in [1.165, 1.54) is 22.3 Å². The fraction of sp³-hybridized carbons (Fsp3) is 0.250. The first-order chi connectivity index (χ1) is 14.1. The van der Waals surface area contributed by atoms with Crippen LogP contribution in [0.5, 0.6) is 0 Å². The zero-order valence-electron chi connectivity index (χ0n) is 16.6. The van der Waals surface area contributed by atoms with Crippen molar-refractivity contribution in [2.45, 2.75) is 25.8 Å². The zero-order valence-corrected chi connectivity index (χ0v) is 16.6. The largest absolute Gasteiger partial charge is 0.321 e. The van der Waals surface area contributed by atoms with Crippen molar-refractivity contribution >= 4 is 5.91 Å². The van der Waals surface area contributed by atoms with Gasteiger partial charge in [-0.25, -0.2) is 0 Å². The first-order valence-electron chi connectivity index (χ1n) is 9.96. The standard InChI is InChI=1S/C24H23N3O2/c1-16-21(28)13-14-26-22(16)24(29)25(2)15-27(26)23-19-9-5-3-7-17(19)11-12-18-8-4-6-10-20(18)23/h3-10,13-14,23H,11-12,15H2,1-2H3. The number of benzene rings is 2. The van der Waals surface area contributed by atoms with E-state index in [0.29, 0.717) is 17.9 Å². The third kappa shape index (κ3) is 2.69. The number of aryl methyl sites for hydroxylation is 2. The summed E-state index contributed by atoms with van der Waals surface area (Å²) in [5.74, 6) is -0.119. The maximum absolute atomic E-state index is 12.9. The molecule has 5 heteroatoms. The highest BCUT2D eigenvalue weighted by atomic mass is 16.2. The molecular weight excluding hydrogens is 362 g/mol. The molecule has 0 saturated carbocycles. The second-order valence-corrected chi connectivity index (χ2v) is 7.88. The Labute approximate surface area is 169 Å². The Bertz CT molecular complexity index is 1130. The summed E-state index contributed by atoms with van der Waals surface area (Å²) < 4.78 is 1.89. The lowest BCUT2D eigenvalue weighted by Crippen LogP contribution is -2.54. The molecule has 0 radical (unpaired) electrons. The Balaban J connectivity index is 1.79. The van der Waals surface area contributed by atoms with Gasteiger partial charge in [-0.15, -0.1) is 0 Å². The quantitative estimate of drug-likeness (QED) is 0.647. The molecule has 0 fully saturated rings. The van der Waals surface area contributed by atoms with Gasteiger partial charge in [0.1, 0.15) is 12.4 Å². The number of pyridine rings is 1. The van der Waals surface area contributed by atoms with Crippen LogP contribution in [0.2, 0.25) is 0 Å². The van der Waals surface area contributed by atoms with E-state index in [1.54, 1.807) is 31.1 Å². The molecule has 0 bridgehead atoms. The number of amides is 1. The van der Waals surface area contributed by atoms with Crippen molar-refractivity contribution in [2.24, 2.45) is 0 Å². The van der Waals surface area contributed by atoms with Gasteiger partial charge in [-0.3, -0.25) is 19.3 Å². The van der Waals surface area contributed by atoms with Crippen LogP contribution in [0.25, 0.3) is 0 Å². The van der Waals surface area contributed by atoms with Gasteiger partial charge in [0.2, 0.25) is 0 Å². The third-order valence-electron chi connectivity index (χ3n) is 6.17. The van der Waals surface area contributed by atoms with Crippen molar-refractivity contribution in [1.82, 2.24) is 9.58 Å². The highest BCUT2D eigenvalue weighted by molar-refractivity contribution is 5.94. The van der Waals surface area contributed by atoms with Crippen LogP contribution in [0.1, 0.15) is 44.3 Å². The maximum atomic E-state index is 12.9. The van der Waals surface area contributed by atoms with Gasteiger partial charge in [0.05, 0.1) is 6.04 Å². The lowest BCUT2D eigenvalue weighted by molar-refractivity contribution is 0.0730. The molecule has 0 atom stereocenters. The smallest absolute Gasteiger partial charge is 0.274 e. The van der Waals surface area contributed by atoms with Crippen molar-refractivity contribution in [3.63, 3.8) is 0 Å². The second-order valence-electron chi connectivity index (χ2n) is 7.88. The van der Waals surface area contributed by atoms with E-state index < -0.39 is 0 Å². The Morgan fingerprint density at radius 1 is 0.862 bits per heavy atom. The van der Waals surface area contributed by atoms with E-state index >= 15 is 0 Å². The van der Waals surface area contributed by atoms with Gasteiger partial charge in [-0.2, -0.15) is 0 Å². The highest BCUT2D eigenvalue weighted by Gasteiger charge is 2.36. The molecule has 2 aliphatic rings. The molecule has 29 heavy (non-hydrogen) atoms. The Kier molecular flexibility index (Phi) is 4.05. The van der Waals surface area contributed by atoms with Crippen LogP contribution < -0.4 is 10.4 Å². The number of rotatable bonds is 1. The number of carbonyl (C=O) groups is 1. The minimum atomic E-state index is -0.119. The molecule has 1 aliphatic carbocycles. The van der Waals surface area contributed by atoms with Crippen molar-refractivity contribution in [3.8, 4) is 0 Å². The average molecular weight is 385 g/mol. The van der Waals surface area contributed by atoms with Gasteiger partial charge < -0.3 is 4.90 Å². The Hall–Kier alpha value is -3.34. The summed E-state index contributed by atoms with van der Waals surface area (Å²) in [6, 6.07) is 18.6. The topological polar surface area (TPSA) is 45.6 Å². The van der Waals surface area contributed by atoms with Gasteiger partial charge in [-0.1, -0.05) is 48.5 Å². The minimum Gasteiger partial charge on any atom is -0.321 e. The fourth-order valence-corrected chi connectivity index (χ4v) is 4.65. The Morgan fingerprint density at radius 3 is 2.07 bits per heavy atom. The summed E-state index contributed by atoms with van der Waals surface area (Å²) in [6.45, 7) is 2.18. The molecule has 1 aliphatic heterocycles. The molecule has 0 N–H and O–H groups in total. The third-order valence-corrected chi connectivity index (χ3v) is 6.17. The van der Waals surface area contributed by atoms with Crippen LogP contribution in [0.15, 0.2) is 65.6 Å². The normalized spacial score (nSPS) is 16.1. The number of fused-ring (bicyclic) bond motifs is 3. The molecule has 1 aromatic heterocycles. The summed E-state index contributed by atoms with van der Waals surface area (Å²) in [5, 5.41) is 2.20. The number of aromatic nitrogens is 1. The van der Waals surface area contributed by atoms with Crippen molar-refractivity contribution < 1.29 is 4.79 Å². The molecule has 5 rings (SSSR count). The maximum Gasteiger partial charge on any atom is 0.274 e. The van der Waals surface area contributed by atoms with Gasteiger partial charge in [0.15, 0.2) is 5.43 Å². The summed E-state index contributed by atoms with van der Waals surface area (Å²) in [5.41, 5.74) is 5.99. The predicted molar refractivity (Wildman–Crippen MR) is 113 cm³/mol. The van der Waals surface area contributed by atoms with Crippen LogP contribution in [-0.2, 0) is 12.8 Å². The van der Waals surface area contributed by atoms with Gasteiger partial charge in [0, 0.05) is 24.9 Å². The van der Waals surface area contributed by atoms with Crippen molar-refractivity contribution in [1.29, 1.82) is 0 Å². The number of hydrogen-bond donors (Lipinski definition) is 0. The van der Waals surface area contributed by atoms with E-state index in [0.717, 1.165) is 12.8 Å². The van der Waals surface area contributed by atoms with Crippen molar-refractivity contribution in [3.05, 3.63) is 105 Å². The first-order valence-corrected chi connectivity index (χ1v) is 9.96. The lowest BCUT2D eigenvalue weighted by atomic mass is 9.94. The molecule has 3 aromatic rings. The summed E-state index contributed by atoms with van der Waals surface area (Å²) in [7, 11) is 1.80. The van der Waals surface area contributed by atoms with Gasteiger partial charge in [0.25, 0.3) is 5.91 Å². The Morgan fingerprint density at radius 2 is 1.45 bits per heavy atom. The SMILES string of the molecule is Cc1c2n(ccc1=O)N(C1c3ccccc3CCc3ccccc31)CN(C)C2=O. The molecule has 2 aromatic carbocycles. The first kappa shape index (κ1) is 17.7. The monoisotopic (exact) mass is 385 g/mol. The number of carbonyl (C=O) groups excluding carboxylic acids is 1. The van der Waals surface area contributed by atoms with Crippen LogP contribution in [0.4, 0.5) is 0 Å². The number of nitrogens with zero attached hydrogens (tertiary/aromatic N) is 3. The molecule has 0 saturated heterocycles.